The van der Waals surface area contributed by atoms with Gasteiger partial charge in [0.05, 0.1) is 33.5 Å². The van der Waals surface area contributed by atoms with Gasteiger partial charge in [-0.1, -0.05) is 12.1 Å². The Morgan fingerprint density at radius 1 is 1.26 bits per heavy atom. The van der Waals surface area contributed by atoms with E-state index in [1.165, 1.54) is 30.3 Å². The summed E-state index contributed by atoms with van der Waals surface area (Å²) in [5.74, 6) is -0.743. The van der Waals surface area contributed by atoms with Crippen LogP contribution >= 0.6 is 0 Å². The summed E-state index contributed by atoms with van der Waals surface area (Å²) in [4.78, 5) is 11.4. The maximum Gasteiger partial charge on any atom is 0.262 e. The van der Waals surface area contributed by atoms with Crippen LogP contribution in [0.1, 0.15) is 21.5 Å². The number of hydrogen-bond donors (Lipinski definition) is 3. The highest BCUT2D eigenvalue weighted by Gasteiger charge is 2.19. The van der Waals surface area contributed by atoms with Crippen molar-refractivity contribution in [1.29, 1.82) is 5.26 Å². The van der Waals surface area contributed by atoms with Gasteiger partial charge in [0.15, 0.2) is 0 Å². The predicted molar refractivity (Wildman–Crippen MR) is 86.1 cm³/mol. The Morgan fingerprint density at radius 2 is 1.96 bits per heavy atom. The van der Waals surface area contributed by atoms with Crippen molar-refractivity contribution < 1.29 is 13.2 Å². The fraction of sp³-hybridized carbons (Fsp3) is 0.0667. The molecule has 118 valence electrons. The van der Waals surface area contributed by atoms with Gasteiger partial charge in [-0.15, -0.1) is 0 Å². The van der Waals surface area contributed by atoms with Crippen LogP contribution in [0.3, 0.4) is 0 Å². The minimum absolute atomic E-state index is 0.0440. The van der Waals surface area contributed by atoms with Crippen molar-refractivity contribution in [2.45, 2.75) is 11.8 Å². The molecule has 0 heterocycles. The van der Waals surface area contributed by atoms with Gasteiger partial charge in [-0.2, -0.15) is 5.26 Å². The van der Waals surface area contributed by atoms with E-state index in [1.54, 1.807) is 13.0 Å². The number of amides is 1. The molecule has 8 heteroatoms. The van der Waals surface area contributed by atoms with Gasteiger partial charge in [0, 0.05) is 0 Å². The van der Waals surface area contributed by atoms with Crippen molar-refractivity contribution in [2.24, 2.45) is 5.73 Å². The van der Waals surface area contributed by atoms with Gasteiger partial charge in [0.2, 0.25) is 0 Å². The Labute approximate surface area is 133 Å². The van der Waals surface area contributed by atoms with Crippen molar-refractivity contribution in [3.05, 3.63) is 53.1 Å². The van der Waals surface area contributed by atoms with Crippen LogP contribution in [0, 0.1) is 18.3 Å². The second kappa shape index (κ2) is 5.98. The molecule has 0 aliphatic heterocycles. The fourth-order valence-corrected chi connectivity index (χ4v) is 3.21. The van der Waals surface area contributed by atoms with Gasteiger partial charge in [-0.25, -0.2) is 8.42 Å². The molecule has 1 amide bonds. The van der Waals surface area contributed by atoms with Crippen LogP contribution in [0.2, 0.25) is 0 Å². The number of nitrogens with two attached hydrogens (primary N) is 2. The molecule has 0 fully saturated rings. The van der Waals surface area contributed by atoms with E-state index in [2.05, 4.69) is 4.72 Å². The van der Waals surface area contributed by atoms with Gasteiger partial charge in [0.25, 0.3) is 15.9 Å². The molecule has 0 aliphatic rings. The molecule has 2 aromatic carbocycles. The Bertz CT molecular complexity index is 930. The van der Waals surface area contributed by atoms with Gasteiger partial charge in [-0.3, -0.25) is 9.52 Å². The number of aryl methyl sites for hydroxylation is 1. The number of anilines is 2. The van der Waals surface area contributed by atoms with Crippen LogP contribution in [-0.2, 0) is 10.0 Å². The first-order valence-corrected chi connectivity index (χ1v) is 7.96. The van der Waals surface area contributed by atoms with Crippen LogP contribution < -0.4 is 16.2 Å². The number of hydrogen-bond acceptors (Lipinski definition) is 5. The summed E-state index contributed by atoms with van der Waals surface area (Å²) in [6.45, 7) is 1.64. The molecule has 0 radical (unpaired) electrons. The van der Waals surface area contributed by atoms with Crippen LogP contribution in [0.15, 0.2) is 41.3 Å². The fourth-order valence-electron chi connectivity index (χ4n) is 2.08. The quantitative estimate of drug-likeness (QED) is 0.726. The largest absolute Gasteiger partial charge is 0.396 e. The molecule has 0 aromatic heterocycles. The number of nitriles is 1. The predicted octanol–water partition coefficient (Wildman–Crippen LogP) is 1.35. The highest BCUT2D eigenvalue weighted by molar-refractivity contribution is 7.92. The summed E-state index contributed by atoms with van der Waals surface area (Å²) in [5, 5.41) is 8.85. The van der Waals surface area contributed by atoms with E-state index in [1.807, 2.05) is 6.07 Å². The molecule has 0 atom stereocenters. The second-order valence-electron chi connectivity index (χ2n) is 4.83. The van der Waals surface area contributed by atoms with Crippen LogP contribution in [0.4, 0.5) is 11.4 Å². The first kappa shape index (κ1) is 16.3. The second-order valence-corrected chi connectivity index (χ2v) is 6.51. The van der Waals surface area contributed by atoms with Gasteiger partial charge >= 0.3 is 0 Å². The molecule has 7 nitrogen and oxygen atoms in total. The van der Waals surface area contributed by atoms with E-state index in [4.69, 9.17) is 16.7 Å². The lowest BCUT2D eigenvalue weighted by molar-refractivity contribution is 0.100. The molecular weight excluding hydrogens is 316 g/mol. The molecule has 0 saturated carbocycles. The molecule has 0 aliphatic carbocycles. The van der Waals surface area contributed by atoms with Crippen molar-refractivity contribution in [3.63, 3.8) is 0 Å². The van der Waals surface area contributed by atoms with Gasteiger partial charge in [0.1, 0.15) is 0 Å². The zero-order chi connectivity index (χ0) is 17.2. The third-order valence-electron chi connectivity index (χ3n) is 3.22. The summed E-state index contributed by atoms with van der Waals surface area (Å²) < 4.78 is 27.1. The number of nitrogens with one attached hydrogen (secondary N) is 1. The molecule has 2 rings (SSSR count). The third-order valence-corrected chi connectivity index (χ3v) is 4.58. The average molecular weight is 330 g/mol. The minimum Gasteiger partial charge on any atom is -0.396 e. The van der Waals surface area contributed by atoms with Crippen LogP contribution in [-0.4, -0.2) is 14.3 Å². The van der Waals surface area contributed by atoms with Gasteiger partial charge < -0.3 is 11.5 Å². The summed E-state index contributed by atoms with van der Waals surface area (Å²) in [6.07, 6.45) is 0. The Morgan fingerprint density at radius 3 is 2.57 bits per heavy atom. The Balaban J connectivity index is 2.48. The van der Waals surface area contributed by atoms with Crippen LogP contribution in [0.5, 0.6) is 0 Å². The number of benzene rings is 2. The van der Waals surface area contributed by atoms with E-state index in [0.29, 0.717) is 5.56 Å². The molecule has 0 unspecified atom stereocenters. The average Bonchev–Trinajstić information content (AvgIpc) is 2.50. The lowest BCUT2D eigenvalue weighted by atomic mass is 10.1. The Kier molecular flexibility index (Phi) is 4.24. The highest BCUT2D eigenvalue weighted by Crippen LogP contribution is 2.28. The summed E-state index contributed by atoms with van der Waals surface area (Å²) >= 11 is 0. The van der Waals surface area contributed by atoms with E-state index in [9.17, 15) is 13.2 Å². The van der Waals surface area contributed by atoms with E-state index in [0.717, 1.165) is 0 Å². The SMILES string of the molecule is Cc1ccc(NS(=O)(=O)c2cccc(C#N)c2)c(N)c1C(N)=O. The summed E-state index contributed by atoms with van der Waals surface area (Å²) in [5.41, 5.74) is 11.9. The number of primary amides is 1. The van der Waals surface area contributed by atoms with Crippen molar-refractivity contribution in [1.82, 2.24) is 0 Å². The topological polar surface area (TPSA) is 139 Å². The standard InChI is InChI=1S/C15H14N4O3S/c1-9-5-6-12(14(17)13(9)15(18)20)19-23(21,22)11-4-2-3-10(7-11)8-16/h2-7,19H,17H2,1H3,(H2,18,20). The monoisotopic (exact) mass is 330 g/mol. The van der Waals surface area contributed by atoms with Crippen molar-refractivity contribution in [2.75, 3.05) is 10.5 Å². The number of carbonyl (C=O) groups excluding carboxylic acids is 1. The normalized spacial score (nSPS) is 10.8. The molecule has 0 saturated heterocycles. The highest BCUT2D eigenvalue weighted by atomic mass is 32.2. The number of sulfonamides is 1. The van der Waals surface area contributed by atoms with E-state index >= 15 is 0 Å². The minimum atomic E-state index is -3.96. The van der Waals surface area contributed by atoms with E-state index in [-0.39, 0.29) is 27.4 Å². The Hall–Kier alpha value is -3.05. The van der Waals surface area contributed by atoms with Gasteiger partial charge in [-0.05, 0) is 36.8 Å². The first-order valence-electron chi connectivity index (χ1n) is 6.48. The molecule has 0 bridgehead atoms. The van der Waals surface area contributed by atoms with Crippen molar-refractivity contribution >= 4 is 27.3 Å². The molecule has 23 heavy (non-hydrogen) atoms. The maximum atomic E-state index is 12.4. The van der Waals surface area contributed by atoms with E-state index < -0.39 is 15.9 Å². The first-order chi connectivity index (χ1) is 10.8. The zero-order valence-corrected chi connectivity index (χ0v) is 13.0. The third kappa shape index (κ3) is 3.25. The number of carbonyl (C=O) groups is 1. The van der Waals surface area contributed by atoms with Crippen molar-refractivity contribution in [3.8, 4) is 6.07 Å². The maximum absolute atomic E-state index is 12.4. The number of rotatable bonds is 4. The summed E-state index contributed by atoms with van der Waals surface area (Å²) in [6, 6.07) is 10.4. The zero-order valence-electron chi connectivity index (χ0n) is 12.2. The molecule has 5 N–H and O–H groups in total. The lowest BCUT2D eigenvalue weighted by Crippen LogP contribution is -2.19. The smallest absolute Gasteiger partial charge is 0.262 e. The lowest BCUT2D eigenvalue weighted by Gasteiger charge is -2.14. The van der Waals surface area contributed by atoms with Crippen LogP contribution in [0.25, 0.3) is 0 Å². The molecule has 0 spiro atoms. The molecular formula is C15H14N4O3S. The summed E-state index contributed by atoms with van der Waals surface area (Å²) in [7, 11) is -3.96. The number of nitrogens with zero attached hydrogens (tertiary/aromatic N) is 1. The molecule has 2 aromatic rings. The number of nitrogen functional groups attached to an aromatic ring is 1.